The summed E-state index contributed by atoms with van der Waals surface area (Å²) in [4.78, 5) is 8.59. The zero-order valence-electron chi connectivity index (χ0n) is 9.09. The van der Waals surface area contributed by atoms with Crippen LogP contribution in [0.15, 0.2) is 18.3 Å². The largest absolute Gasteiger partial charge is 0.365 e. The van der Waals surface area contributed by atoms with E-state index >= 15 is 0 Å². The van der Waals surface area contributed by atoms with E-state index in [1.165, 1.54) is 5.57 Å². The topological polar surface area (TPSA) is 37.8 Å². The summed E-state index contributed by atoms with van der Waals surface area (Å²) in [5, 5.41) is 3.19. The monoisotopic (exact) mass is 191 g/mol. The van der Waals surface area contributed by atoms with E-state index in [1.807, 2.05) is 13.8 Å². The van der Waals surface area contributed by atoms with Crippen molar-refractivity contribution in [3.05, 3.63) is 29.7 Å². The Morgan fingerprint density at radius 1 is 1.43 bits per heavy atom. The first-order chi connectivity index (χ1) is 6.63. The summed E-state index contributed by atoms with van der Waals surface area (Å²) in [7, 11) is 0. The van der Waals surface area contributed by atoms with E-state index in [1.54, 1.807) is 6.20 Å². The minimum atomic E-state index is 0.772. The van der Waals surface area contributed by atoms with Crippen molar-refractivity contribution in [3.63, 3.8) is 0 Å². The van der Waals surface area contributed by atoms with Gasteiger partial charge in [-0.15, -0.1) is 0 Å². The van der Waals surface area contributed by atoms with Crippen LogP contribution in [0.4, 0.5) is 5.82 Å². The Morgan fingerprint density at radius 2 is 2.14 bits per heavy atom. The molecule has 0 saturated carbocycles. The number of hydrogen-bond donors (Lipinski definition) is 1. The fourth-order valence-electron chi connectivity index (χ4n) is 0.968. The molecule has 0 aliphatic rings. The number of nitrogens with zero attached hydrogens (tertiary/aromatic N) is 2. The van der Waals surface area contributed by atoms with Crippen molar-refractivity contribution < 1.29 is 0 Å². The number of aryl methyl sites for hydroxylation is 2. The van der Waals surface area contributed by atoms with Gasteiger partial charge in [-0.3, -0.25) is 4.98 Å². The Balaban J connectivity index is 2.60. The molecule has 0 fully saturated rings. The molecule has 1 heterocycles. The van der Waals surface area contributed by atoms with Gasteiger partial charge in [-0.2, -0.15) is 0 Å². The summed E-state index contributed by atoms with van der Waals surface area (Å²) in [5.74, 6) is 0.822. The highest BCUT2D eigenvalue weighted by Gasteiger charge is 1.98. The smallest absolute Gasteiger partial charge is 0.145 e. The van der Waals surface area contributed by atoms with Crippen molar-refractivity contribution in [2.45, 2.75) is 27.2 Å². The molecule has 3 nitrogen and oxygen atoms in total. The van der Waals surface area contributed by atoms with Gasteiger partial charge in [0.25, 0.3) is 0 Å². The van der Waals surface area contributed by atoms with Gasteiger partial charge in [0, 0.05) is 6.54 Å². The van der Waals surface area contributed by atoms with E-state index in [0.717, 1.165) is 30.2 Å². The molecule has 0 amide bonds. The van der Waals surface area contributed by atoms with E-state index < -0.39 is 0 Å². The normalized spacial score (nSPS) is 9.93. The summed E-state index contributed by atoms with van der Waals surface area (Å²) < 4.78 is 0. The van der Waals surface area contributed by atoms with Crippen molar-refractivity contribution >= 4 is 5.82 Å². The molecule has 0 bridgehead atoms. The second-order valence-electron chi connectivity index (χ2n) is 3.38. The molecule has 1 rings (SSSR count). The van der Waals surface area contributed by atoms with Crippen molar-refractivity contribution in [2.75, 3.05) is 11.9 Å². The first kappa shape index (κ1) is 10.7. The lowest BCUT2D eigenvalue weighted by Crippen LogP contribution is -2.06. The van der Waals surface area contributed by atoms with E-state index in [-0.39, 0.29) is 0 Å². The highest BCUT2D eigenvalue weighted by Crippen LogP contribution is 2.06. The maximum atomic E-state index is 4.36. The first-order valence-corrected chi connectivity index (χ1v) is 4.84. The van der Waals surface area contributed by atoms with Gasteiger partial charge in [0.05, 0.1) is 17.6 Å². The Kier molecular flexibility index (Phi) is 3.63. The van der Waals surface area contributed by atoms with E-state index in [2.05, 4.69) is 28.8 Å². The Morgan fingerprint density at radius 3 is 2.71 bits per heavy atom. The van der Waals surface area contributed by atoms with Crippen LogP contribution in [0.2, 0.25) is 0 Å². The Hall–Kier alpha value is -1.38. The number of rotatable bonds is 4. The van der Waals surface area contributed by atoms with Gasteiger partial charge < -0.3 is 5.32 Å². The highest BCUT2D eigenvalue weighted by atomic mass is 15.0. The number of nitrogens with one attached hydrogen (secondary N) is 1. The number of aromatic nitrogens is 2. The molecule has 0 saturated heterocycles. The maximum absolute atomic E-state index is 4.36. The lowest BCUT2D eigenvalue weighted by atomic mass is 10.2. The predicted octanol–water partition coefficient (Wildman–Crippen LogP) is 2.47. The van der Waals surface area contributed by atoms with Gasteiger partial charge in [-0.25, -0.2) is 4.98 Å². The standard InChI is InChI=1S/C11H17N3/c1-5-8(2)6-13-11-7-12-9(3)10(4)14-11/h7H,2,5-6H2,1,3-4H3,(H,13,14). The van der Waals surface area contributed by atoms with Gasteiger partial charge in [-0.1, -0.05) is 19.1 Å². The molecule has 0 unspecified atom stereocenters. The summed E-state index contributed by atoms with van der Waals surface area (Å²) in [6.07, 6.45) is 2.75. The average molecular weight is 191 g/mol. The second-order valence-corrected chi connectivity index (χ2v) is 3.38. The minimum Gasteiger partial charge on any atom is -0.365 e. The van der Waals surface area contributed by atoms with Crippen LogP contribution in [0.1, 0.15) is 24.7 Å². The lowest BCUT2D eigenvalue weighted by molar-refractivity contribution is 1.00. The molecule has 1 N–H and O–H groups in total. The predicted molar refractivity (Wildman–Crippen MR) is 59.4 cm³/mol. The van der Waals surface area contributed by atoms with Crippen molar-refractivity contribution in [2.24, 2.45) is 0 Å². The summed E-state index contributed by atoms with van der Waals surface area (Å²) in [6.45, 7) is 10.7. The van der Waals surface area contributed by atoms with Crippen LogP contribution in [0.5, 0.6) is 0 Å². The summed E-state index contributed by atoms with van der Waals surface area (Å²) in [6, 6.07) is 0. The summed E-state index contributed by atoms with van der Waals surface area (Å²) in [5.41, 5.74) is 3.12. The molecular formula is C11H17N3. The van der Waals surface area contributed by atoms with Crippen molar-refractivity contribution in [3.8, 4) is 0 Å². The SMILES string of the molecule is C=C(CC)CNc1cnc(C)c(C)n1. The van der Waals surface area contributed by atoms with Crippen molar-refractivity contribution in [1.82, 2.24) is 9.97 Å². The molecule has 0 atom stereocenters. The van der Waals surface area contributed by atoms with E-state index in [4.69, 9.17) is 0 Å². The van der Waals surface area contributed by atoms with Crippen LogP contribution in [-0.2, 0) is 0 Å². The second kappa shape index (κ2) is 4.74. The first-order valence-electron chi connectivity index (χ1n) is 4.84. The molecule has 0 spiro atoms. The molecule has 1 aromatic rings. The third kappa shape index (κ3) is 2.83. The molecule has 0 aliphatic carbocycles. The highest BCUT2D eigenvalue weighted by molar-refractivity contribution is 5.34. The molecule has 14 heavy (non-hydrogen) atoms. The van der Waals surface area contributed by atoms with Crippen LogP contribution in [-0.4, -0.2) is 16.5 Å². The zero-order chi connectivity index (χ0) is 10.6. The van der Waals surface area contributed by atoms with Crippen LogP contribution < -0.4 is 5.32 Å². The van der Waals surface area contributed by atoms with Gasteiger partial charge in [0.15, 0.2) is 0 Å². The molecule has 76 valence electrons. The van der Waals surface area contributed by atoms with Crippen LogP contribution >= 0.6 is 0 Å². The van der Waals surface area contributed by atoms with Gasteiger partial charge in [0.1, 0.15) is 5.82 Å². The Bertz CT molecular complexity index is 331. The van der Waals surface area contributed by atoms with Gasteiger partial charge in [-0.05, 0) is 20.3 Å². The molecule has 0 radical (unpaired) electrons. The van der Waals surface area contributed by atoms with E-state index in [0.29, 0.717) is 0 Å². The summed E-state index contributed by atoms with van der Waals surface area (Å²) >= 11 is 0. The van der Waals surface area contributed by atoms with Gasteiger partial charge >= 0.3 is 0 Å². The maximum Gasteiger partial charge on any atom is 0.145 e. The van der Waals surface area contributed by atoms with Gasteiger partial charge in [0.2, 0.25) is 0 Å². The quantitative estimate of drug-likeness (QED) is 0.743. The van der Waals surface area contributed by atoms with Crippen molar-refractivity contribution in [1.29, 1.82) is 0 Å². The Labute approximate surface area is 85.3 Å². The molecule has 1 aromatic heterocycles. The number of anilines is 1. The molecule has 0 aliphatic heterocycles. The minimum absolute atomic E-state index is 0.772. The molecule has 3 heteroatoms. The molecule has 0 aromatic carbocycles. The van der Waals surface area contributed by atoms with E-state index in [9.17, 15) is 0 Å². The fraction of sp³-hybridized carbons (Fsp3) is 0.455. The van der Waals surface area contributed by atoms with Crippen LogP contribution in [0.25, 0.3) is 0 Å². The van der Waals surface area contributed by atoms with Crippen LogP contribution in [0.3, 0.4) is 0 Å². The number of hydrogen-bond acceptors (Lipinski definition) is 3. The lowest BCUT2D eigenvalue weighted by Gasteiger charge is -2.07. The third-order valence-electron chi connectivity index (χ3n) is 2.21. The fourth-order valence-corrected chi connectivity index (χ4v) is 0.968. The zero-order valence-corrected chi connectivity index (χ0v) is 9.09. The average Bonchev–Trinajstić information content (AvgIpc) is 2.19. The molecular weight excluding hydrogens is 174 g/mol. The third-order valence-corrected chi connectivity index (χ3v) is 2.21. The van der Waals surface area contributed by atoms with Crippen LogP contribution in [0, 0.1) is 13.8 Å².